The number of fused-ring (bicyclic) bond motifs is 7. The summed E-state index contributed by atoms with van der Waals surface area (Å²) in [5, 5.41) is 5.17. The molecule has 1 heterocycles. The third-order valence-corrected chi connectivity index (χ3v) is 13.3. The van der Waals surface area contributed by atoms with Crippen molar-refractivity contribution in [2.75, 3.05) is 4.90 Å². The Hall–Kier alpha value is -7.94. The molecular weight excluding hydrogens is 737 g/mol. The van der Waals surface area contributed by atoms with Gasteiger partial charge in [0.2, 0.25) is 0 Å². The van der Waals surface area contributed by atoms with Gasteiger partial charge in [0, 0.05) is 33.2 Å². The minimum absolute atomic E-state index is 0.515. The van der Waals surface area contributed by atoms with Crippen LogP contribution in [0, 0.1) is 0 Å². The van der Waals surface area contributed by atoms with Gasteiger partial charge in [-0.05, 0) is 110 Å². The monoisotopic (exact) mass is 774 g/mol. The van der Waals surface area contributed by atoms with Gasteiger partial charge in [-0.1, -0.05) is 182 Å². The van der Waals surface area contributed by atoms with Crippen LogP contribution in [0.15, 0.2) is 231 Å². The molecule has 11 aromatic rings. The normalized spacial score (nSPS) is 13.0. The molecule has 13 rings (SSSR count). The number of anilines is 3. The molecule has 2 heteroatoms. The lowest BCUT2D eigenvalue weighted by Crippen LogP contribution is -2.30. The fraction of sp³-hybridized carbons (Fsp3) is 0.0169. The van der Waals surface area contributed by atoms with E-state index in [1.54, 1.807) is 0 Å². The van der Waals surface area contributed by atoms with Crippen LogP contribution in [0.5, 0.6) is 0 Å². The Balaban J connectivity index is 1.20. The van der Waals surface area contributed by atoms with Crippen LogP contribution in [0.25, 0.3) is 71.6 Å². The minimum atomic E-state index is -0.515. The molecule has 0 fully saturated rings. The molecular formula is C59H38N2. The molecule has 0 saturated heterocycles. The van der Waals surface area contributed by atoms with Gasteiger partial charge in [-0.15, -0.1) is 0 Å². The number of nitrogens with zero attached hydrogens (tertiary/aromatic N) is 2. The molecule has 1 spiro atoms. The zero-order valence-electron chi connectivity index (χ0n) is 33.3. The highest BCUT2D eigenvalue weighted by Gasteiger charge is 2.50. The Kier molecular flexibility index (Phi) is 7.26. The van der Waals surface area contributed by atoms with E-state index < -0.39 is 5.41 Å². The average Bonchev–Trinajstić information content (AvgIpc) is 3.83. The van der Waals surface area contributed by atoms with E-state index >= 15 is 0 Å². The Labute approximate surface area is 354 Å². The smallest absolute Gasteiger partial charge is 0.0726 e. The highest BCUT2D eigenvalue weighted by Crippen LogP contribution is 2.63. The van der Waals surface area contributed by atoms with Crippen LogP contribution in [0.1, 0.15) is 22.3 Å². The highest BCUT2D eigenvalue weighted by atomic mass is 15.1. The molecule has 1 aromatic heterocycles. The van der Waals surface area contributed by atoms with Crippen molar-refractivity contribution in [3.8, 4) is 39.1 Å². The predicted molar refractivity (Wildman–Crippen MR) is 255 cm³/mol. The first-order valence-electron chi connectivity index (χ1n) is 21.2. The number of hydrogen-bond acceptors (Lipinski definition) is 1. The van der Waals surface area contributed by atoms with Crippen LogP contribution < -0.4 is 4.90 Å². The lowest BCUT2D eigenvalue weighted by molar-refractivity contribution is 0.783. The van der Waals surface area contributed by atoms with Crippen LogP contribution in [0.2, 0.25) is 0 Å². The Morgan fingerprint density at radius 3 is 1.41 bits per heavy atom. The molecule has 10 aromatic carbocycles. The van der Waals surface area contributed by atoms with Crippen molar-refractivity contribution in [1.82, 2.24) is 4.57 Å². The highest BCUT2D eigenvalue weighted by molar-refractivity contribution is 6.29. The van der Waals surface area contributed by atoms with Crippen LogP contribution in [0.3, 0.4) is 0 Å². The van der Waals surface area contributed by atoms with Gasteiger partial charge in [0.25, 0.3) is 0 Å². The Bertz CT molecular complexity index is 3400. The molecule has 0 atom stereocenters. The fourth-order valence-corrected chi connectivity index (χ4v) is 11.0. The van der Waals surface area contributed by atoms with Gasteiger partial charge in [0.05, 0.1) is 22.1 Å². The number of rotatable bonds is 6. The molecule has 284 valence electrons. The summed E-state index contributed by atoms with van der Waals surface area (Å²) in [6.07, 6.45) is 0. The summed E-state index contributed by atoms with van der Waals surface area (Å²) in [5.41, 5.74) is 19.1. The Morgan fingerprint density at radius 2 is 0.803 bits per heavy atom. The molecule has 2 nitrogen and oxygen atoms in total. The van der Waals surface area contributed by atoms with Crippen LogP contribution in [-0.2, 0) is 5.41 Å². The van der Waals surface area contributed by atoms with Gasteiger partial charge in [-0.3, -0.25) is 0 Å². The molecule has 0 amide bonds. The van der Waals surface area contributed by atoms with E-state index in [1.807, 2.05) is 0 Å². The second kappa shape index (κ2) is 13.0. The molecule has 0 saturated carbocycles. The number of benzene rings is 10. The lowest BCUT2D eigenvalue weighted by Gasteiger charge is -2.38. The van der Waals surface area contributed by atoms with Gasteiger partial charge < -0.3 is 9.47 Å². The van der Waals surface area contributed by atoms with E-state index in [9.17, 15) is 0 Å². The fourth-order valence-electron chi connectivity index (χ4n) is 11.0. The molecule has 61 heavy (non-hydrogen) atoms. The summed E-state index contributed by atoms with van der Waals surface area (Å²) in [4.78, 5) is 2.50. The van der Waals surface area contributed by atoms with Crippen LogP contribution in [0.4, 0.5) is 17.1 Å². The van der Waals surface area contributed by atoms with Crippen LogP contribution in [-0.4, -0.2) is 4.57 Å². The Morgan fingerprint density at radius 1 is 0.328 bits per heavy atom. The number of aromatic nitrogens is 1. The predicted octanol–water partition coefficient (Wildman–Crippen LogP) is 15.4. The van der Waals surface area contributed by atoms with Crippen LogP contribution >= 0.6 is 0 Å². The minimum Gasteiger partial charge on any atom is -0.310 e. The molecule has 0 aliphatic heterocycles. The zero-order valence-corrected chi connectivity index (χ0v) is 33.3. The summed E-state index contributed by atoms with van der Waals surface area (Å²) < 4.78 is 2.51. The molecule has 0 unspecified atom stereocenters. The average molecular weight is 775 g/mol. The first-order chi connectivity index (χ1) is 30.3. The van der Waals surface area contributed by atoms with Crippen molar-refractivity contribution in [2.45, 2.75) is 5.41 Å². The van der Waals surface area contributed by atoms with Gasteiger partial charge in [-0.25, -0.2) is 0 Å². The maximum absolute atomic E-state index is 2.51. The van der Waals surface area contributed by atoms with Crippen molar-refractivity contribution in [3.63, 3.8) is 0 Å². The summed E-state index contributed by atoms with van der Waals surface area (Å²) in [7, 11) is 0. The quantitative estimate of drug-likeness (QED) is 0.163. The second-order valence-corrected chi connectivity index (χ2v) is 16.4. The molecule has 2 aliphatic carbocycles. The van der Waals surface area contributed by atoms with Gasteiger partial charge in [0.15, 0.2) is 0 Å². The van der Waals surface area contributed by atoms with E-state index in [-0.39, 0.29) is 0 Å². The molecule has 0 radical (unpaired) electrons. The van der Waals surface area contributed by atoms with Crippen molar-refractivity contribution < 1.29 is 0 Å². The van der Waals surface area contributed by atoms with E-state index in [4.69, 9.17) is 0 Å². The lowest BCUT2D eigenvalue weighted by atomic mass is 9.63. The van der Waals surface area contributed by atoms with Crippen molar-refractivity contribution in [3.05, 3.63) is 253 Å². The van der Waals surface area contributed by atoms with Crippen molar-refractivity contribution in [1.29, 1.82) is 0 Å². The maximum atomic E-state index is 2.51. The largest absolute Gasteiger partial charge is 0.310 e. The van der Waals surface area contributed by atoms with Crippen molar-refractivity contribution >= 4 is 49.6 Å². The summed E-state index contributed by atoms with van der Waals surface area (Å²) in [6.45, 7) is 0. The number of para-hydroxylation sites is 1. The number of hydrogen-bond donors (Lipinski definition) is 0. The van der Waals surface area contributed by atoms with E-state index in [2.05, 4.69) is 240 Å². The third kappa shape index (κ3) is 4.73. The zero-order chi connectivity index (χ0) is 40.1. The first-order valence-corrected chi connectivity index (χ1v) is 21.2. The van der Waals surface area contributed by atoms with E-state index in [0.29, 0.717) is 0 Å². The SMILES string of the molecule is c1ccc(-c2cccc(N(c3cccc(-c4ccccc4)c3)c3cc4c5c6c(cccc36)C3(c6ccccc6-c6ccccc63)c3cccc(c35)n4-c3ccccc3)c2)cc1. The van der Waals surface area contributed by atoms with Gasteiger partial charge >= 0.3 is 0 Å². The van der Waals surface area contributed by atoms with Crippen molar-refractivity contribution in [2.24, 2.45) is 0 Å². The third-order valence-electron chi connectivity index (χ3n) is 13.3. The molecule has 2 aliphatic rings. The summed E-state index contributed by atoms with van der Waals surface area (Å²) >= 11 is 0. The summed E-state index contributed by atoms with van der Waals surface area (Å²) in [5.74, 6) is 0. The topological polar surface area (TPSA) is 8.17 Å². The van der Waals surface area contributed by atoms with Gasteiger partial charge in [-0.2, -0.15) is 0 Å². The summed E-state index contributed by atoms with van der Waals surface area (Å²) in [6, 6.07) is 85.3. The van der Waals surface area contributed by atoms with E-state index in [0.717, 1.165) is 22.7 Å². The molecule has 0 bridgehead atoms. The maximum Gasteiger partial charge on any atom is 0.0726 e. The second-order valence-electron chi connectivity index (χ2n) is 16.4. The standard InChI is InChI=1S/C59H38N2/c1-4-18-39(19-5-1)41-22-14-26-44(36-41)60(45-27-15-23-42(37-45)40-20-6-2-7-21-40)54-38-55-58-56-48(54)30-16-33-51(56)59(49-31-12-10-28-46(49)47-29-11-13-32-50(47)59)52-34-17-35-53(57(52)58)61(55)43-24-8-3-9-25-43/h1-38H. The van der Waals surface area contributed by atoms with E-state index in [1.165, 1.54) is 88.2 Å². The first kappa shape index (κ1) is 34.0. The molecule has 0 N–H and O–H groups in total. The van der Waals surface area contributed by atoms with Gasteiger partial charge in [0.1, 0.15) is 0 Å².